The van der Waals surface area contributed by atoms with Gasteiger partial charge in [-0.05, 0) is 87.4 Å². The van der Waals surface area contributed by atoms with Crippen molar-refractivity contribution in [2.24, 2.45) is 28.6 Å². The Kier molecular flexibility index (Phi) is 2.95. The van der Waals surface area contributed by atoms with Gasteiger partial charge in [0.05, 0.1) is 12.2 Å². The minimum atomic E-state index is -0.660. The number of hydrogen-bond donors (Lipinski definition) is 2. The van der Waals surface area contributed by atoms with Crippen molar-refractivity contribution in [2.75, 3.05) is 0 Å². The van der Waals surface area contributed by atoms with Crippen LogP contribution in [0, 0.1) is 35.2 Å². The SMILES string of the molecule is [C-]#[N+]C1=C(O)[C@@]2(C)O[C@]23CC[C@H]2[C@@H]4CC[C@](C)(O)[C@@]4(C)CC[C@@H]2[C@@]3(C)C1. The normalized spacial score (nSPS) is 60.4. The van der Waals surface area contributed by atoms with Crippen LogP contribution >= 0.6 is 0 Å². The first kappa shape index (κ1) is 17.1. The Balaban J connectivity index is 1.57. The summed E-state index contributed by atoms with van der Waals surface area (Å²) < 4.78 is 6.33. The van der Waals surface area contributed by atoms with Crippen molar-refractivity contribution in [3.8, 4) is 0 Å². The van der Waals surface area contributed by atoms with E-state index < -0.39 is 11.2 Å². The van der Waals surface area contributed by atoms with Crippen molar-refractivity contribution < 1.29 is 14.9 Å². The van der Waals surface area contributed by atoms with Crippen molar-refractivity contribution in [1.29, 1.82) is 0 Å². The van der Waals surface area contributed by atoms with Gasteiger partial charge < -0.3 is 14.9 Å². The quantitative estimate of drug-likeness (QED) is 0.492. The summed E-state index contributed by atoms with van der Waals surface area (Å²) in [7, 11) is 0. The molecule has 0 unspecified atom stereocenters. The first-order valence-corrected chi connectivity index (χ1v) is 10.3. The Morgan fingerprint density at radius 1 is 1.00 bits per heavy atom. The monoisotopic (exact) mass is 357 g/mol. The zero-order valence-corrected chi connectivity index (χ0v) is 16.4. The maximum atomic E-state index is 11.0. The second kappa shape index (κ2) is 4.50. The number of rotatable bonds is 0. The van der Waals surface area contributed by atoms with Crippen LogP contribution in [-0.2, 0) is 4.74 Å². The molecule has 0 amide bonds. The van der Waals surface area contributed by atoms with Gasteiger partial charge in [-0.1, -0.05) is 13.8 Å². The lowest BCUT2D eigenvalue weighted by atomic mass is 9.43. The zero-order valence-electron chi connectivity index (χ0n) is 16.4. The molecule has 142 valence electrons. The van der Waals surface area contributed by atoms with Gasteiger partial charge in [0.2, 0.25) is 5.70 Å². The fourth-order valence-corrected chi connectivity index (χ4v) is 8.27. The fourth-order valence-electron chi connectivity index (χ4n) is 8.27. The molecule has 4 nitrogen and oxygen atoms in total. The average molecular weight is 357 g/mol. The molecule has 8 atom stereocenters. The van der Waals surface area contributed by atoms with Gasteiger partial charge in [-0.2, -0.15) is 0 Å². The second-order valence-corrected chi connectivity index (χ2v) is 10.6. The third-order valence-electron chi connectivity index (χ3n) is 10.1. The molecule has 0 aromatic heterocycles. The van der Waals surface area contributed by atoms with Gasteiger partial charge in [0.25, 0.3) is 0 Å². The molecule has 5 aliphatic rings. The summed E-state index contributed by atoms with van der Waals surface area (Å²) in [5.41, 5.74) is -1.09. The molecular formula is C22H31NO3. The Hall–Kier alpha value is -1.05. The smallest absolute Gasteiger partial charge is 0.205 e. The maximum absolute atomic E-state index is 11.0. The molecule has 4 fully saturated rings. The molecule has 1 saturated heterocycles. The van der Waals surface area contributed by atoms with Crippen LogP contribution in [0.15, 0.2) is 11.5 Å². The fraction of sp³-hybridized carbons (Fsp3) is 0.864. The molecule has 0 aromatic rings. The van der Waals surface area contributed by atoms with Crippen LogP contribution in [0.4, 0.5) is 0 Å². The standard InChI is InChI=1S/C22H31NO3/c1-18-9-7-15-13(14(18)8-10-20(18,3)25)6-11-22-19(15,2)12-16(23-5)17(24)21(22,4)26-22/h13-15,24-25H,6-12H2,1-4H3/t13-,14-,15-,18-,19+,20-,21+,22-/m0/s1. The number of allylic oxidation sites excluding steroid dienone is 1. The largest absolute Gasteiger partial charge is 0.521 e. The van der Waals surface area contributed by atoms with E-state index in [4.69, 9.17) is 11.3 Å². The topological polar surface area (TPSA) is 57.3 Å². The van der Waals surface area contributed by atoms with Crippen LogP contribution < -0.4 is 0 Å². The Morgan fingerprint density at radius 3 is 2.35 bits per heavy atom. The predicted molar refractivity (Wildman–Crippen MR) is 98.1 cm³/mol. The van der Waals surface area contributed by atoms with Gasteiger partial charge in [-0.15, -0.1) is 0 Å². The summed E-state index contributed by atoms with van der Waals surface area (Å²) in [5.74, 6) is 1.85. The van der Waals surface area contributed by atoms with E-state index in [0.29, 0.717) is 29.9 Å². The van der Waals surface area contributed by atoms with E-state index in [1.807, 2.05) is 13.8 Å². The summed E-state index contributed by atoms with van der Waals surface area (Å²) in [4.78, 5) is 3.68. The average Bonchev–Trinajstić information content (AvgIpc) is 3.14. The van der Waals surface area contributed by atoms with E-state index >= 15 is 0 Å². The molecule has 1 aliphatic heterocycles. The number of nitrogens with zero attached hydrogens (tertiary/aromatic N) is 1. The van der Waals surface area contributed by atoms with Gasteiger partial charge in [-0.3, -0.25) is 0 Å². The number of aliphatic hydroxyl groups excluding tert-OH is 1. The lowest BCUT2D eigenvalue weighted by Crippen LogP contribution is -2.60. The van der Waals surface area contributed by atoms with Gasteiger partial charge in [0.1, 0.15) is 17.0 Å². The first-order chi connectivity index (χ1) is 12.1. The molecular weight excluding hydrogens is 326 g/mol. The van der Waals surface area contributed by atoms with E-state index in [1.54, 1.807) is 0 Å². The zero-order chi connectivity index (χ0) is 18.8. The highest BCUT2D eigenvalue weighted by Gasteiger charge is 2.82. The van der Waals surface area contributed by atoms with E-state index in [2.05, 4.69) is 18.7 Å². The summed E-state index contributed by atoms with van der Waals surface area (Å²) in [6, 6.07) is 0. The second-order valence-electron chi connectivity index (χ2n) is 10.6. The van der Waals surface area contributed by atoms with E-state index in [1.165, 1.54) is 0 Å². The van der Waals surface area contributed by atoms with Crippen molar-refractivity contribution in [3.63, 3.8) is 0 Å². The minimum absolute atomic E-state index is 0.0119. The van der Waals surface area contributed by atoms with Gasteiger partial charge in [-0.25, -0.2) is 4.85 Å². The van der Waals surface area contributed by atoms with Crippen molar-refractivity contribution in [1.82, 2.24) is 0 Å². The Bertz CT molecular complexity index is 766. The van der Waals surface area contributed by atoms with E-state index in [-0.39, 0.29) is 22.2 Å². The molecule has 3 saturated carbocycles. The van der Waals surface area contributed by atoms with Gasteiger partial charge in [0.15, 0.2) is 0 Å². The summed E-state index contributed by atoms with van der Waals surface area (Å²) in [5, 5.41) is 21.7. The minimum Gasteiger partial charge on any atom is -0.521 e. The van der Waals surface area contributed by atoms with Crippen molar-refractivity contribution in [3.05, 3.63) is 22.9 Å². The summed E-state index contributed by atoms with van der Waals surface area (Å²) in [6.45, 7) is 16.2. The lowest BCUT2D eigenvalue weighted by molar-refractivity contribution is -0.143. The van der Waals surface area contributed by atoms with Crippen LogP contribution in [0.1, 0.15) is 72.6 Å². The third-order valence-corrected chi connectivity index (χ3v) is 10.1. The number of epoxide rings is 1. The third kappa shape index (κ3) is 1.53. The van der Waals surface area contributed by atoms with Crippen LogP contribution in [0.2, 0.25) is 0 Å². The molecule has 4 aliphatic carbocycles. The van der Waals surface area contributed by atoms with E-state index in [9.17, 15) is 10.2 Å². The molecule has 1 heterocycles. The maximum Gasteiger partial charge on any atom is 0.205 e. The number of ether oxygens (including phenoxy) is 1. The van der Waals surface area contributed by atoms with Crippen LogP contribution in [0.3, 0.4) is 0 Å². The lowest BCUT2D eigenvalue weighted by Gasteiger charge is -2.60. The molecule has 0 bridgehead atoms. The number of aliphatic hydroxyl groups is 2. The molecule has 26 heavy (non-hydrogen) atoms. The van der Waals surface area contributed by atoms with Gasteiger partial charge in [0, 0.05) is 0 Å². The highest BCUT2D eigenvalue weighted by atomic mass is 16.6. The Labute approximate surface area is 156 Å². The number of hydrogen-bond acceptors (Lipinski definition) is 3. The highest BCUT2D eigenvalue weighted by Crippen LogP contribution is 2.77. The first-order valence-electron chi connectivity index (χ1n) is 10.3. The molecule has 0 aromatic carbocycles. The summed E-state index contributed by atoms with van der Waals surface area (Å²) >= 11 is 0. The molecule has 1 spiro atoms. The van der Waals surface area contributed by atoms with Crippen molar-refractivity contribution in [2.45, 2.75) is 89.4 Å². The van der Waals surface area contributed by atoms with Crippen LogP contribution in [0.5, 0.6) is 0 Å². The Morgan fingerprint density at radius 2 is 1.65 bits per heavy atom. The number of fused-ring (bicyclic) bond motifs is 4. The van der Waals surface area contributed by atoms with E-state index in [0.717, 1.165) is 38.5 Å². The molecule has 5 rings (SSSR count). The van der Waals surface area contributed by atoms with Crippen LogP contribution in [0.25, 0.3) is 4.85 Å². The molecule has 4 heteroatoms. The molecule has 0 radical (unpaired) electrons. The predicted octanol–water partition coefficient (Wildman–Crippen LogP) is 4.60. The molecule has 2 N–H and O–H groups in total. The van der Waals surface area contributed by atoms with Gasteiger partial charge >= 0.3 is 0 Å². The van der Waals surface area contributed by atoms with Crippen molar-refractivity contribution >= 4 is 0 Å². The summed E-state index contributed by atoms with van der Waals surface area (Å²) in [6.07, 6.45) is 6.88. The van der Waals surface area contributed by atoms with Crippen LogP contribution in [-0.4, -0.2) is 27.0 Å². The highest BCUT2D eigenvalue weighted by molar-refractivity contribution is 5.44.